The van der Waals surface area contributed by atoms with Gasteiger partial charge >= 0.3 is 5.97 Å². The van der Waals surface area contributed by atoms with Gasteiger partial charge in [0.15, 0.2) is 0 Å². The van der Waals surface area contributed by atoms with Crippen molar-refractivity contribution in [2.24, 2.45) is 5.92 Å². The lowest BCUT2D eigenvalue weighted by Gasteiger charge is -2.04. The first-order chi connectivity index (χ1) is 7.20. The minimum Gasteiger partial charge on any atom is -0.478 e. The molecule has 1 aromatic heterocycles. The molecule has 1 aliphatic rings. The molecule has 2 unspecified atom stereocenters. The first-order valence-electron chi connectivity index (χ1n) is 5.16. The molecule has 4 nitrogen and oxygen atoms in total. The standard InChI is InChI=1S/C11H14N2O2/c1-2-7-5-9(7)13-10-6-8(11(14)15)3-4-12-10/h3-4,6-7,9H,2,5H2,1H3,(H,12,13)(H,14,15). The molecule has 0 saturated heterocycles. The lowest BCUT2D eigenvalue weighted by molar-refractivity contribution is 0.0697. The summed E-state index contributed by atoms with van der Waals surface area (Å²) in [6, 6.07) is 3.55. The van der Waals surface area contributed by atoms with Crippen LogP contribution < -0.4 is 5.32 Å². The molecule has 1 saturated carbocycles. The van der Waals surface area contributed by atoms with Gasteiger partial charge in [0.1, 0.15) is 5.82 Å². The number of anilines is 1. The van der Waals surface area contributed by atoms with Crippen molar-refractivity contribution in [3.8, 4) is 0 Å². The normalized spacial score (nSPS) is 23.5. The van der Waals surface area contributed by atoms with Crippen LogP contribution in [0.2, 0.25) is 0 Å². The van der Waals surface area contributed by atoms with Crippen LogP contribution in [0.4, 0.5) is 5.82 Å². The third kappa shape index (κ3) is 2.26. The second kappa shape index (κ2) is 3.88. The van der Waals surface area contributed by atoms with Gasteiger partial charge in [-0.2, -0.15) is 0 Å². The molecular weight excluding hydrogens is 192 g/mol. The number of nitrogens with one attached hydrogen (secondary N) is 1. The Bertz CT molecular complexity index is 379. The average Bonchev–Trinajstić information content (AvgIpc) is 2.97. The van der Waals surface area contributed by atoms with Crippen LogP contribution in [0, 0.1) is 5.92 Å². The number of rotatable bonds is 4. The van der Waals surface area contributed by atoms with Crippen LogP contribution in [0.3, 0.4) is 0 Å². The lowest BCUT2D eigenvalue weighted by atomic mass is 10.2. The number of hydrogen-bond acceptors (Lipinski definition) is 3. The predicted molar refractivity (Wildman–Crippen MR) is 57.0 cm³/mol. The van der Waals surface area contributed by atoms with E-state index in [2.05, 4.69) is 17.2 Å². The van der Waals surface area contributed by atoms with Gasteiger partial charge < -0.3 is 10.4 Å². The second-order valence-corrected chi connectivity index (χ2v) is 3.89. The Morgan fingerprint density at radius 1 is 1.73 bits per heavy atom. The van der Waals surface area contributed by atoms with Crippen molar-refractivity contribution in [2.75, 3.05) is 5.32 Å². The van der Waals surface area contributed by atoms with Crippen molar-refractivity contribution in [3.63, 3.8) is 0 Å². The van der Waals surface area contributed by atoms with Crippen molar-refractivity contribution >= 4 is 11.8 Å². The minimum absolute atomic E-state index is 0.279. The van der Waals surface area contributed by atoms with E-state index < -0.39 is 5.97 Å². The fourth-order valence-corrected chi connectivity index (χ4v) is 1.71. The van der Waals surface area contributed by atoms with Crippen molar-refractivity contribution in [1.82, 2.24) is 4.98 Å². The highest BCUT2D eigenvalue weighted by molar-refractivity contribution is 5.88. The summed E-state index contributed by atoms with van der Waals surface area (Å²) in [4.78, 5) is 14.8. The molecule has 0 amide bonds. The summed E-state index contributed by atoms with van der Waals surface area (Å²) in [5, 5.41) is 12.0. The maximum Gasteiger partial charge on any atom is 0.335 e. The molecule has 1 fully saturated rings. The molecule has 4 heteroatoms. The number of carbonyl (C=O) groups is 1. The van der Waals surface area contributed by atoms with Crippen LogP contribution in [-0.2, 0) is 0 Å². The Kier molecular flexibility index (Phi) is 2.58. The number of aromatic nitrogens is 1. The van der Waals surface area contributed by atoms with Gasteiger partial charge in [-0.05, 0) is 24.5 Å². The van der Waals surface area contributed by atoms with Gasteiger partial charge in [-0.3, -0.25) is 0 Å². The van der Waals surface area contributed by atoms with E-state index in [1.165, 1.54) is 12.3 Å². The van der Waals surface area contributed by atoms with Crippen LogP contribution >= 0.6 is 0 Å². The van der Waals surface area contributed by atoms with Crippen molar-refractivity contribution in [3.05, 3.63) is 23.9 Å². The zero-order valence-electron chi connectivity index (χ0n) is 8.60. The number of carboxylic acids is 1. The Morgan fingerprint density at radius 3 is 3.13 bits per heavy atom. The molecule has 2 N–H and O–H groups in total. The smallest absolute Gasteiger partial charge is 0.335 e. The van der Waals surface area contributed by atoms with E-state index in [1.54, 1.807) is 6.07 Å². The third-order valence-corrected chi connectivity index (χ3v) is 2.79. The fraction of sp³-hybridized carbons (Fsp3) is 0.455. The topological polar surface area (TPSA) is 62.2 Å². The summed E-state index contributed by atoms with van der Waals surface area (Å²) >= 11 is 0. The first-order valence-corrected chi connectivity index (χ1v) is 5.16. The maximum atomic E-state index is 10.7. The van der Waals surface area contributed by atoms with E-state index in [4.69, 9.17) is 5.11 Å². The van der Waals surface area contributed by atoms with Crippen molar-refractivity contribution in [2.45, 2.75) is 25.8 Å². The average molecular weight is 206 g/mol. The lowest BCUT2D eigenvalue weighted by Crippen LogP contribution is -2.07. The van der Waals surface area contributed by atoms with Gasteiger partial charge in [0.25, 0.3) is 0 Å². The Labute approximate surface area is 88.3 Å². The summed E-state index contributed by atoms with van der Waals surface area (Å²) in [6.07, 6.45) is 3.85. The first kappa shape index (κ1) is 9.96. The van der Waals surface area contributed by atoms with E-state index >= 15 is 0 Å². The molecule has 0 aromatic carbocycles. The second-order valence-electron chi connectivity index (χ2n) is 3.89. The van der Waals surface area contributed by atoms with Gasteiger partial charge in [-0.1, -0.05) is 13.3 Å². The Morgan fingerprint density at radius 2 is 2.53 bits per heavy atom. The van der Waals surface area contributed by atoms with Crippen LogP contribution in [0.1, 0.15) is 30.1 Å². The largest absolute Gasteiger partial charge is 0.478 e. The molecule has 0 spiro atoms. The third-order valence-electron chi connectivity index (χ3n) is 2.79. The van der Waals surface area contributed by atoms with E-state index in [-0.39, 0.29) is 5.56 Å². The number of nitrogens with zero attached hydrogens (tertiary/aromatic N) is 1. The summed E-state index contributed by atoms with van der Waals surface area (Å²) < 4.78 is 0. The molecule has 2 atom stereocenters. The summed E-state index contributed by atoms with van der Waals surface area (Å²) in [7, 11) is 0. The molecule has 0 bridgehead atoms. The molecule has 1 aliphatic carbocycles. The van der Waals surface area contributed by atoms with Crippen LogP contribution in [0.15, 0.2) is 18.3 Å². The number of aromatic carboxylic acids is 1. The zero-order valence-corrected chi connectivity index (χ0v) is 8.60. The molecule has 2 rings (SSSR count). The molecular formula is C11H14N2O2. The van der Waals surface area contributed by atoms with Gasteiger partial charge in [0.05, 0.1) is 5.56 Å². The molecule has 1 aromatic rings. The minimum atomic E-state index is -0.914. The molecule has 15 heavy (non-hydrogen) atoms. The SMILES string of the molecule is CCC1CC1Nc1cc(C(=O)O)ccn1. The van der Waals surface area contributed by atoms with E-state index in [1.807, 2.05) is 0 Å². The highest BCUT2D eigenvalue weighted by Crippen LogP contribution is 2.35. The van der Waals surface area contributed by atoms with E-state index in [0.29, 0.717) is 11.9 Å². The highest BCUT2D eigenvalue weighted by Gasteiger charge is 2.35. The van der Waals surface area contributed by atoms with Crippen molar-refractivity contribution < 1.29 is 9.90 Å². The highest BCUT2D eigenvalue weighted by atomic mass is 16.4. The maximum absolute atomic E-state index is 10.7. The molecule has 1 heterocycles. The summed E-state index contributed by atoms with van der Waals surface area (Å²) in [6.45, 7) is 2.16. The number of pyridine rings is 1. The zero-order chi connectivity index (χ0) is 10.8. The van der Waals surface area contributed by atoms with E-state index in [0.717, 1.165) is 18.8 Å². The van der Waals surface area contributed by atoms with Gasteiger partial charge in [0.2, 0.25) is 0 Å². The van der Waals surface area contributed by atoms with Gasteiger partial charge in [-0.25, -0.2) is 9.78 Å². The molecule has 0 aliphatic heterocycles. The van der Waals surface area contributed by atoms with E-state index in [9.17, 15) is 4.79 Å². The Hall–Kier alpha value is -1.58. The van der Waals surface area contributed by atoms with Gasteiger partial charge in [0, 0.05) is 12.2 Å². The van der Waals surface area contributed by atoms with Crippen LogP contribution in [0.5, 0.6) is 0 Å². The number of hydrogen-bond donors (Lipinski definition) is 2. The fourth-order valence-electron chi connectivity index (χ4n) is 1.71. The number of carboxylic acid groups (broad SMARTS) is 1. The van der Waals surface area contributed by atoms with Crippen molar-refractivity contribution in [1.29, 1.82) is 0 Å². The van der Waals surface area contributed by atoms with Crippen LogP contribution in [0.25, 0.3) is 0 Å². The summed E-state index contributed by atoms with van der Waals surface area (Å²) in [5.74, 6) is 0.472. The molecule has 0 radical (unpaired) electrons. The monoisotopic (exact) mass is 206 g/mol. The predicted octanol–water partition coefficient (Wildman–Crippen LogP) is 1.99. The summed E-state index contributed by atoms with van der Waals surface area (Å²) in [5.41, 5.74) is 0.279. The quantitative estimate of drug-likeness (QED) is 0.790. The van der Waals surface area contributed by atoms with Crippen LogP contribution in [-0.4, -0.2) is 22.1 Å². The van der Waals surface area contributed by atoms with Gasteiger partial charge in [-0.15, -0.1) is 0 Å². The molecule has 80 valence electrons. The Balaban J connectivity index is 2.03.